The normalized spacial score (nSPS) is 35.5. The standard InChI is InChI=1S/C12H21Br/c1-10-7-11(2)9-12(8-10)5-3-4-6-13/h3,5,10-12H,4,6-9H2,1-2H3. The van der Waals surface area contributed by atoms with Crippen LogP contribution in [-0.4, -0.2) is 5.33 Å². The lowest BCUT2D eigenvalue weighted by molar-refractivity contribution is 0.252. The fraction of sp³-hybridized carbons (Fsp3) is 0.833. The zero-order valence-corrected chi connectivity index (χ0v) is 10.4. The van der Waals surface area contributed by atoms with E-state index in [9.17, 15) is 0 Å². The van der Waals surface area contributed by atoms with Gasteiger partial charge in [0.15, 0.2) is 0 Å². The zero-order chi connectivity index (χ0) is 9.68. The average Bonchev–Trinajstić information content (AvgIpc) is 2.03. The molecule has 0 aliphatic heterocycles. The van der Waals surface area contributed by atoms with E-state index in [-0.39, 0.29) is 0 Å². The van der Waals surface area contributed by atoms with Crippen molar-refractivity contribution in [3.8, 4) is 0 Å². The quantitative estimate of drug-likeness (QED) is 0.510. The molecule has 1 saturated carbocycles. The number of hydrogen-bond donors (Lipinski definition) is 0. The third kappa shape index (κ3) is 4.30. The summed E-state index contributed by atoms with van der Waals surface area (Å²) in [4.78, 5) is 0. The fourth-order valence-electron chi connectivity index (χ4n) is 2.52. The third-order valence-corrected chi connectivity index (χ3v) is 3.36. The van der Waals surface area contributed by atoms with Gasteiger partial charge in [-0.3, -0.25) is 0 Å². The van der Waals surface area contributed by atoms with E-state index in [1.54, 1.807) is 0 Å². The topological polar surface area (TPSA) is 0 Å². The third-order valence-electron chi connectivity index (χ3n) is 2.90. The van der Waals surface area contributed by atoms with Gasteiger partial charge in [0.1, 0.15) is 0 Å². The van der Waals surface area contributed by atoms with E-state index in [4.69, 9.17) is 0 Å². The minimum absolute atomic E-state index is 0.859. The molecule has 0 N–H and O–H groups in total. The second-order valence-corrected chi connectivity index (χ2v) is 5.38. The van der Waals surface area contributed by atoms with Gasteiger partial charge >= 0.3 is 0 Å². The van der Waals surface area contributed by atoms with Crippen LogP contribution >= 0.6 is 15.9 Å². The van der Waals surface area contributed by atoms with Crippen LogP contribution in [0.5, 0.6) is 0 Å². The van der Waals surface area contributed by atoms with Gasteiger partial charge in [-0.05, 0) is 43.4 Å². The molecule has 1 heteroatoms. The summed E-state index contributed by atoms with van der Waals surface area (Å²) in [5, 5.41) is 1.10. The predicted octanol–water partition coefficient (Wildman–Crippen LogP) is 4.40. The molecular weight excluding hydrogens is 224 g/mol. The fourth-order valence-corrected chi connectivity index (χ4v) is 2.78. The van der Waals surface area contributed by atoms with E-state index in [1.807, 2.05) is 0 Å². The molecule has 2 unspecified atom stereocenters. The second kappa shape index (κ2) is 5.85. The van der Waals surface area contributed by atoms with E-state index in [0.717, 1.165) is 23.1 Å². The summed E-state index contributed by atoms with van der Waals surface area (Å²) in [6.45, 7) is 4.78. The smallest absolute Gasteiger partial charge is 0.00659 e. The Morgan fingerprint density at radius 2 is 1.77 bits per heavy atom. The summed E-state index contributed by atoms with van der Waals surface area (Å²) < 4.78 is 0. The number of hydrogen-bond acceptors (Lipinski definition) is 0. The van der Waals surface area contributed by atoms with Gasteiger partial charge < -0.3 is 0 Å². The van der Waals surface area contributed by atoms with Crippen LogP contribution in [0.2, 0.25) is 0 Å². The molecule has 0 amide bonds. The SMILES string of the molecule is CC1CC(C)CC(C=CCCBr)C1. The summed E-state index contributed by atoms with van der Waals surface area (Å²) >= 11 is 3.45. The Kier molecular flexibility index (Phi) is 5.08. The van der Waals surface area contributed by atoms with Gasteiger partial charge in [0.25, 0.3) is 0 Å². The maximum absolute atomic E-state index is 3.45. The predicted molar refractivity (Wildman–Crippen MR) is 63.2 cm³/mol. The average molecular weight is 245 g/mol. The second-order valence-electron chi connectivity index (χ2n) is 4.58. The van der Waals surface area contributed by atoms with E-state index in [1.165, 1.54) is 25.7 Å². The molecule has 1 aliphatic rings. The van der Waals surface area contributed by atoms with Gasteiger partial charge in [0.05, 0.1) is 0 Å². The van der Waals surface area contributed by atoms with Gasteiger partial charge in [-0.1, -0.05) is 41.9 Å². The minimum Gasteiger partial charge on any atom is -0.0925 e. The van der Waals surface area contributed by atoms with Crippen LogP contribution in [0.15, 0.2) is 12.2 Å². The molecule has 0 bridgehead atoms. The molecule has 0 spiro atoms. The number of halogens is 1. The number of rotatable bonds is 3. The highest BCUT2D eigenvalue weighted by Crippen LogP contribution is 2.33. The molecule has 1 rings (SSSR count). The highest BCUT2D eigenvalue weighted by molar-refractivity contribution is 9.09. The van der Waals surface area contributed by atoms with Crippen molar-refractivity contribution in [2.24, 2.45) is 17.8 Å². The van der Waals surface area contributed by atoms with Crippen LogP contribution < -0.4 is 0 Å². The zero-order valence-electron chi connectivity index (χ0n) is 8.80. The van der Waals surface area contributed by atoms with Gasteiger partial charge in [-0.25, -0.2) is 0 Å². The van der Waals surface area contributed by atoms with E-state index < -0.39 is 0 Å². The molecule has 0 radical (unpaired) electrons. The molecule has 0 aromatic heterocycles. The van der Waals surface area contributed by atoms with Gasteiger partial charge in [0, 0.05) is 5.33 Å². The van der Waals surface area contributed by atoms with Crippen LogP contribution in [0.4, 0.5) is 0 Å². The molecule has 0 heterocycles. The molecule has 2 atom stereocenters. The lowest BCUT2D eigenvalue weighted by Gasteiger charge is -2.29. The van der Waals surface area contributed by atoms with Crippen molar-refractivity contribution in [3.63, 3.8) is 0 Å². The molecule has 1 fully saturated rings. The molecular formula is C12H21Br. The summed E-state index contributed by atoms with van der Waals surface area (Å²) in [5.74, 6) is 2.72. The summed E-state index contributed by atoms with van der Waals surface area (Å²) in [6.07, 6.45) is 10.2. The maximum Gasteiger partial charge on any atom is 0.00659 e. The van der Waals surface area contributed by atoms with Crippen molar-refractivity contribution < 1.29 is 0 Å². The van der Waals surface area contributed by atoms with E-state index in [2.05, 4.69) is 41.9 Å². The Labute approximate surface area is 90.9 Å². The van der Waals surface area contributed by atoms with Crippen LogP contribution in [-0.2, 0) is 0 Å². The van der Waals surface area contributed by atoms with Crippen LogP contribution in [0.1, 0.15) is 39.5 Å². The summed E-state index contributed by atoms with van der Waals surface area (Å²) in [7, 11) is 0. The van der Waals surface area contributed by atoms with Crippen molar-refractivity contribution in [1.82, 2.24) is 0 Å². The minimum atomic E-state index is 0.859. The van der Waals surface area contributed by atoms with Crippen molar-refractivity contribution in [2.45, 2.75) is 39.5 Å². The number of alkyl halides is 1. The first-order valence-corrected chi connectivity index (χ1v) is 6.57. The van der Waals surface area contributed by atoms with Crippen LogP contribution in [0.25, 0.3) is 0 Å². The highest BCUT2D eigenvalue weighted by atomic mass is 79.9. The van der Waals surface area contributed by atoms with Gasteiger partial charge in [0.2, 0.25) is 0 Å². The van der Waals surface area contributed by atoms with E-state index in [0.29, 0.717) is 0 Å². The Bertz CT molecular complexity index is 153. The monoisotopic (exact) mass is 244 g/mol. The van der Waals surface area contributed by atoms with Crippen molar-refractivity contribution >= 4 is 15.9 Å². The molecule has 76 valence electrons. The van der Waals surface area contributed by atoms with Crippen LogP contribution in [0.3, 0.4) is 0 Å². The van der Waals surface area contributed by atoms with Gasteiger partial charge in [-0.15, -0.1) is 0 Å². The Morgan fingerprint density at radius 1 is 1.15 bits per heavy atom. The molecule has 13 heavy (non-hydrogen) atoms. The molecule has 1 aliphatic carbocycles. The summed E-state index contributed by atoms with van der Waals surface area (Å²) in [6, 6.07) is 0. The summed E-state index contributed by atoms with van der Waals surface area (Å²) in [5.41, 5.74) is 0. The first-order chi connectivity index (χ1) is 6.22. The maximum atomic E-state index is 3.45. The molecule has 0 aromatic rings. The van der Waals surface area contributed by atoms with Crippen molar-refractivity contribution in [2.75, 3.05) is 5.33 Å². The van der Waals surface area contributed by atoms with Crippen molar-refractivity contribution in [1.29, 1.82) is 0 Å². The van der Waals surface area contributed by atoms with E-state index >= 15 is 0 Å². The Hall–Kier alpha value is 0.220. The highest BCUT2D eigenvalue weighted by Gasteiger charge is 2.21. The Morgan fingerprint density at radius 3 is 2.31 bits per heavy atom. The molecule has 0 nitrogen and oxygen atoms in total. The lowest BCUT2D eigenvalue weighted by atomic mass is 9.76. The van der Waals surface area contributed by atoms with Gasteiger partial charge in [-0.2, -0.15) is 0 Å². The number of allylic oxidation sites excluding steroid dienone is 2. The lowest BCUT2D eigenvalue weighted by Crippen LogP contribution is -2.17. The first kappa shape index (κ1) is 11.3. The molecule has 0 aromatic carbocycles. The first-order valence-electron chi connectivity index (χ1n) is 5.45. The van der Waals surface area contributed by atoms with Crippen LogP contribution in [0, 0.1) is 17.8 Å². The Balaban J connectivity index is 2.32. The largest absolute Gasteiger partial charge is 0.0925 e. The van der Waals surface area contributed by atoms with Crippen molar-refractivity contribution in [3.05, 3.63) is 12.2 Å². The molecule has 0 saturated heterocycles.